The molecule has 1 N–H and O–H groups in total. The van der Waals surface area contributed by atoms with E-state index in [1.54, 1.807) is 11.8 Å². The number of rotatable bonds is 5. The zero-order valence-corrected chi connectivity index (χ0v) is 16.1. The van der Waals surface area contributed by atoms with Crippen LogP contribution in [0.15, 0.2) is 12.1 Å². The van der Waals surface area contributed by atoms with E-state index in [1.165, 1.54) is 0 Å². The number of thioether (sulfide) groups is 1. The summed E-state index contributed by atoms with van der Waals surface area (Å²) in [4.78, 5) is 18.7. The molecule has 0 unspecified atom stereocenters. The fraction of sp³-hybridized carbons (Fsp3) is 0.684. The Bertz CT molecular complexity index is 625. The number of hydrogen-bond donors (Lipinski definition) is 1. The normalized spacial score (nSPS) is 28.7. The fourth-order valence-corrected chi connectivity index (χ4v) is 4.41. The van der Waals surface area contributed by atoms with E-state index in [9.17, 15) is 9.90 Å². The van der Waals surface area contributed by atoms with Crippen LogP contribution in [0.2, 0.25) is 0 Å². The quantitative estimate of drug-likeness (QED) is 0.869. The smallest absolute Gasteiger partial charge is 0.223 e. The van der Waals surface area contributed by atoms with Crippen LogP contribution in [-0.2, 0) is 4.79 Å². The van der Waals surface area contributed by atoms with Crippen LogP contribution in [0.25, 0.3) is 0 Å². The van der Waals surface area contributed by atoms with Crippen LogP contribution in [0, 0.1) is 25.7 Å². The summed E-state index contributed by atoms with van der Waals surface area (Å²) in [5.41, 5.74) is 1.82. The molecule has 1 saturated heterocycles. The van der Waals surface area contributed by atoms with Crippen LogP contribution in [0.5, 0.6) is 5.75 Å². The lowest BCUT2D eigenvalue weighted by atomic mass is 9.78. The van der Waals surface area contributed by atoms with Crippen molar-refractivity contribution >= 4 is 17.7 Å². The van der Waals surface area contributed by atoms with E-state index in [1.807, 2.05) is 37.1 Å². The van der Waals surface area contributed by atoms with Gasteiger partial charge in [-0.25, -0.2) is 0 Å². The highest BCUT2D eigenvalue weighted by molar-refractivity contribution is 7.98. The number of carbonyl (C=O) groups is 1. The molecule has 1 aliphatic carbocycles. The Morgan fingerprint density at radius 1 is 1.32 bits per heavy atom. The summed E-state index contributed by atoms with van der Waals surface area (Å²) >= 11 is 1.71. The largest absolute Gasteiger partial charge is 0.486 e. The van der Waals surface area contributed by atoms with Gasteiger partial charge < -0.3 is 14.7 Å². The Morgan fingerprint density at radius 3 is 2.72 bits per heavy atom. The Morgan fingerprint density at radius 2 is 2.04 bits per heavy atom. The molecule has 1 aromatic rings. The van der Waals surface area contributed by atoms with Gasteiger partial charge in [-0.15, -0.1) is 0 Å². The van der Waals surface area contributed by atoms with Crippen molar-refractivity contribution in [1.29, 1.82) is 0 Å². The van der Waals surface area contributed by atoms with E-state index in [4.69, 9.17) is 4.74 Å². The van der Waals surface area contributed by atoms with E-state index in [0.29, 0.717) is 24.7 Å². The Kier molecular flexibility index (Phi) is 5.89. The highest BCUT2D eigenvalue weighted by Gasteiger charge is 2.43. The van der Waals surface area contributed by atoms with Gasteiger partial charge in [-0.05, 0) is 56.9 Å². The third kappa shape index (κ3) is 4.29. The summed E-state index contributed by atoms with van der Waals surface area (Å²) in [6.45, 7) is 5.47. The van der Waals surface area contributed by atoms with Crippen LogP contribution in [-0.4, -0.2) is 58.2 Å². The van der Waals surface area contributed by atoms with Crippen molar-refractivity contribution < 1.29 is 14.6 Å². The SMILES string of the molecule is CSCCC(=O)N1C[C@H]2C[C@@H](Oc3ccc(C)nc3C)[C@H](O)C[C@H]2C1. The van der Waals surface area contributed by atoms with Crippen LogP contribution >= 0.6 is 11.8 Å². The van der Waals surface area contributed by atoms with Crippen LogP contribution in [0.4, 0.5) is 0 Å². The molecule has 0 radical (unpaired) electrons. The molecule has 4 atom stereocenters. The number of nitrogens with zero attached hydrogens (tertiary/aromatic N) is 2. The molecule has 0 bridgehead atoms. The molecule has 3 rings (SSSR count). The molecule has 2 heterocycles. The summed E-state index contributed by atoms with van der Waals surface area (Å²) < 4.78 is 6.10. The molecule has 2 aliphatic rings. The second kappa shape index (κ2) is 7.96. The number of ether oxygens (including phenoxy) is 1. The minimum Gasteiger partial charge on any atom is -0.486 e. The summed E-state index contributed by atoms with van der Waals surface area (Å²) in [6, 6.07) is 3.87. The van der Waals surface area contributed by atoms with Crippen LogP contribution in [0.3, 0.4) is 0 Å². The first-order valence-electron chi connectivity index (χ1n) is 9.03. The van der Waals surface area contributed by atoms with Gasteiger partial charge in [0.2, 0.25) is 5.91 Å². The highest BCUT2D eigenvalue weighted by Crippen LogP contribution is 2.38. The molecule has 5 nitrogen and oxygen atoms in total. The standard InChI is InChI=1S/C19H28N2O3S/c1-12-4-5-17(13(2)20-12)24-18-9-15-11-21(19(23)6-7-25-3)10-14(15)8-16(18)22/h4-5,14-16,18,22H,6-11H2,1-3H3/t14-,15+,16+,18+/m0/s1. The Balaban J connectivity index is 1.61. The number of aryl methyl sites for hydroxylation is 2. The van der Waals surface area contributed by atoms with E-state index < -0.39 is 6.10 Å². The minimum absolute atomic E-state index is 0.217. The number of likely N-dealkylation sites (tertiary alicyclic amines) is 1. The molecule has 0 aromatic carbocycles. The maximum Gasteiger partial charge on any atom is 0.223 e. The fourth-order valence-electron chi connectivity index (χ4n) is 4.03. The summed E-state index contributed by atoms with van der Waals surface area (Å²) in [7, 11) is 0. The topological polar surface area (TPSA) is 62.7 Å². The maximum absolute atomic E-state index is 12.3. The second-order valence-electron chi connectivity index (χ2n) is 7.29. The van der Waals surface area contributed by atoms with E-state index in [2.05, 4.69) is 4.98 Å². The number of aliphatic hydroxyl groups is 1. The van der Waals surface area contributed by atoms with Gasteiger partial charge in [-0.3, -0.25) is 9.78 Å². The first-order chi connectivity index (χ1) is 12.0. The average molecular weight is 365 g/mol. The number of pyridine rings is 1. The van der Waals surface area contributed by atoms with E-state index in [0.717, 1.165) is 42.4 Å². The number of amides is 1. The van der Waals surface area contributed by atoms with E-state index >= 15 is 0 Å². The molecule has 1 aromatic heterocycles. The summed E-state index contributed by atoms with van der Waals surface area (Å²) in [6.07, 6.45) is 3.44. The van der Waals surface area contributed by atoms with Crippen molar-refractivity contribution in [2.75, 3.05) is 25.1 Å². The molecule has 0 spiro atoms. The second-order valence-corrected chi connectivity index (χ2v) is 8.28. The Hall–Kier alpha value is -1.27. The van der Waals surface area contributed by atoms with Gasteiger partial charge >= 0.3 is 0 Å². The summed E-state index contributed by atoms with van der Waals surface area (Å²) in [5.74, 6) is 2.68. The van der Waals surface area contributed by atoms with E-state index in [-0.39, 0.29) is 12.0 Å². The third-order valence-electron chi connectivity index (χ3n) is 5.41. The highest BCUT2D eigenvalue weighted by atomic mass is 32.2. The number of carbonyl (C=O) groups excluding carboxylic acids is 1. The Labute approximate surface area is 154 Å². The first kappa shape index (κ1) is 18.5. The molecule has 1 saturated carbocycles. The lowest BCUT2D eigenvalue weighted by Crippen LogP contribution is -2.42. The molecular weight excluding hydrogens is 336 g/mol. The van der Waals surface area contributed by atoms with Crippen LogP contribution in [0.1, 0.15) is 30.7 Å². The average Bonchev–Trinajstić information content (AvgIpc) is 2.98. The molecule has 138 valence electrons. The summed E-state index contributed by atoms with van der Waals surface area (Å²) in [5, 5.41) is 10.5. The lowest BCUT2D eigenvalue weighted by molar-refractivity contribution is -0.129. The van der Waals surface area contributed by atoms with Crippen molar-refractivity contribution in [1.82, 2.24) is 9.88 Å². The lowest BCUT2D eigenvalue weighted by Gasteiger charge is -2.35. The molecule has 2 fully saturated rings. The number of aromatic nitrogens is 1. The monoisotopic (exact) mass is 364 g/mol. The van der Waals surface area contributed by atoms with Crippen molar-refractivity contribution in [3.05, 3.63) is 23.5 Å². The van der Waals surface area contributed by atoms with Gasteiger partial charge in [0.05, 0.1) is 11.8 Å². The zero-order valence-electron chi connectivity index (χ0n) is 15.3. The van der Waals surface area contributed by atoms with Crippen molar-refractivity contribution in [3.63, 3.8) is 0 Å². The number of hydrogen-bond acceptors (Lipinski definition) is 5. The molecule has 25 heavy (non-hydrogen) atoms. The van der Waals surface area contributed by atoms with Gasteiger partial charge in [0.25, 0.3) is 0 Å². The van der Waals surface area contributed by atoms with Crippen molar-refractivity contribution in [2.45, 2.75) is 45.3 Å². The molecule has 1 amide bonds. The van der Waals surface area contributed by atoms with Gasteiger partial charge in [-0.2, -0.15) is 11.8 Å². The maximum atomic E-state index is 12.3. The predicted octanol–water partition coefficient (Wildman–Crippen LogP) is 2.43. The van der Waals surface area contributed by atoms with Gasteiger partial charge in [-0.1, -0.05) is 0 Å². The number of aliphatic hydroxyl groups excluding tert-OH is 1. The van der Waals surface area contributed by atoms with Crippen molar-refractivity contribution in [3.8, 4) is 5.75 Å². The van der Waals surface area contributed by atoms with Gasteiger partial charge in [0.15, 0.2) is 0 Å². The van der Waals surface area contributed by atoms with Gasteiger partial charge in [0, 0.05) is 31.0 Å². The first-order valence-corrected chi connectivity index (χ1v) is 10.4. The number of fused-ring (bicyclic) bond motifs is 1. The minimum atomic E-state index is -0.483. The third-order valence-corrected chi connectivity index (χ3v) is 6.02. The molecule has 6 heteroatoms. The predicted molar refractivity (Wildman–Crippen MR) is 99.9 cm³/mol. The van der Waals surface area contributed by atoms with Crippen molar-refractivity contribution in [2.24, 2.45) is 11.8 Å². The molecule has 1 aliphatic heterocycles. The molecular formula is C19H28N2O3S. The van der Waals surface area contributed by atoms with Crippen LogP contribution < -0.4 is 4.74 Å². The zero-order chi connectivity index (χ0) is 18.0. The van der Waals surface area contributed by atoms with Gasteiger partial charge in [0.1, 0.15) is 11.9 Å².